The lowest BCUT2D eigenvalue weighted by Gasteiger charge is -2.37. The predicted molar refractivity (Wildman–Crippen MR) is 90.8 cm³/mol. The quantitative estimate of drug-likeness (QED) is 0.908. The summed E-state index contributed by atoms with van der Waals surface area (Å²) in [4.78, 5) is 27.0. The molecule has 2 amide bonds. The van der Waals surface area contributed by atoms with Gasteiger partial charge in [0.1, 0.15) is 0 Å². The molecule has 1 spiro atoms. The first-order valence-electron chi connectivity index (χ1n) is 8.17. The highest BCUT2D eigenvalue weighted by molar-refractivity contribution is 7.18. The van der Waals surface area contributed by atoms with Crippen LogP contribution in [0.1, 0.15) is 33.1 Å². The van der Waals surface area contributed by atoms with Gasteiger partial charge in [0.15, 0.2) is 11.5 Å². The predicted octanol–water partition coefficient (Wildman–Crippen LogP) is 2.57. The molecule has 0 aromatic carbocycles. The SMILES string of the molecule is O=C(Nc1ccc(C(=O)N2CCC3(CC2)OCCO3)s1)c1ccco1. The Morgan fingerprint density at radius 3 is 2.56 bits per heavy atom. The number of piperidine rings is 1. The van der Waals surface area contributed by atoms with Crippen LogP contribution in [0.2, 0.25) is 0 Å². The molecule has 2 saturated heterocycles. The van der Waals surface area contributed by atoms with Crippen LogP contribution >= 0.6 is 11.3 Å². The van der Waals surface area contributed by atoms with Gasteiger partial charge in [0.2, 0.25) is 0 Å². The Kier molecular flexibility index (Phi) is 4.32. The average molecular weight is 362 g/mol. The molecule has 25 heavy (non-hydrogen) atoms. The number of carbonyl (C=O) groups is 2. The number of amides is 2. The molecule has 1 N–H and O–H groups in total. The number of hydrogen-bond donors (Lipinski definition) is 1. The summed E-state index contributed by atoms with van der Waals surface area (Å²) in [6.07, 6.45) is 2.82. The van der Waals surface area contributed by atoms with Crippen LogP contribution in [-0.2, 0) is 9.47 Å². The van der Waals surface area contributed by atoms with Gasteiger partial charge >= 0.3 is 0 Å². The standard InChI is InChI=1S/C17H18N2O5S/c20-15(12-2-1-9-22-12)18-14-4-3-13(25-14)16(21)19-7-5-17(6-8-19)23-10-11-24-17/h1-4,9H,5-8,10-11H2,(H,18,20). The van der Waals surface area contributed by atoms with Crippen LogP contribution < -0.4 is 5.32 Å². The molecular formula is C17H18N2O5S. The molecule has 132 valence electrons. The van der Waals surface area contributed by atoms with E-state index in [1.54, 1.807) is 29.2 Å². The third-order valence-corrected chi connectivity index (χ3v) is 5.41. The smallest absolute Gasteiger partial charge is 0.291 e. The van der Waals surface area contributed by atoms with Crippen LogP contribution in [0.4, 0.5) is 5.00 Å². The number of nitrogens with zero attached hydrogens (tertiary/aromatic N) is 1. The van der Waals surface area contributed by atoms with E-state index in [1.165, 1.54) is 17.6 Å². The first kappa shape index (κ1) is 16.3. The first-order valence-corrected chi connectivity index (χ1v) is 8.99. The molecule has 0 bridgehead atoms. The van der Waals surface area contributed by atoms with Gasteiger partial charge in [0, 0.05) is 25.9 Å². The fraction of sp³-hybridized carbons (Fsp3) is 0.412. The van der Waals surface area contributed by atoms with Gasteiger partial charge in [-0.2, -0.15) is 0 Å². The molecule has 0 atom stereocenters. The van der Waals surface area contributed by atoms with Crippen molar-refractivity contribution in [3.05, 3.63) is 41.2 Å². The van der Waals surface area contributed by atoms with Crippen LogP contribution in [0.25, 0.3) is 0 Å². The second-order valence-corrected chi connectivity index (χ2v) is 7.08. The number of furan rings is 1. The van der Waals surface area contributed by atoms with Gasteiger partial charge in [0.25, 0.3) is 11.8 Å². The summed E-state index contributed by atoms with van der Waals surface area (Å²) in [6, 6.07) is 6.70. The number of anilines is 1. The number of nitrogens with one attached hydrogen (secondary N) is 1. The van der Waals surface area contributed by atoms with Crippen molar-refractivity contribution in [2.75, 3.05) is 31.6 Å². The van der Waals surface area contributed by atoms with Crippen molar-refractivity contribution in [3.8, 4) is 0 Å². The minimum atomic E-state index is -0.492. The van der Waals surface area contributed by atoms with E-state index in [2.05, 4.69) is 5.32 Å². The monoisotopic (exact) mass is 362 g/mol. The molecule has 2 aliphatic heterocycles. The van der Waals surface area contributed by atoms with Crippen molar-refractivity contribution in [3.63, 3.8) is 0 Å². The van der Waals surface area contributed by atoms with Crippen molar-refractivity contribution >= 4 is 28.2 Å². The molecule has 0 radical (unpaired) electrons. The fourth-order valence-electron chi connectivity index (χ4n) is 3.09. The van der Waals surface area contributed by atoms with Gasteiger partial charge in [0.05, 0.1) is 29.4 Å². The Morgan fingerprint density at radius 2 is 1.88 bits per heavy atom. The molecule has 2 fully saturated rings. The van der Waals surface area contributed by atoms with E-state index >= 15 is 0 Å². The molecular weight excluding hydrogens is 344 g/mol. The second-order valence-electron chi connectivity index (χ2n) is 6.00. The van der Waals surface area contributed by atoms with Crippen molar-refractivity contribution in [2.45, 2.75) is 18.6 Å². The van der Waals surface area contributed by atoms with Crippen molar-refractivity contribution in [1.29, 1.82) is 0 Å². The zero-order valence-electron chi connectivity index (χ0n) is 13.5. The van der Waals surface area contributed by atoms with Crippen LogP contribution in [-0.4, -0.2) is 48.8 Å². The summed E-state index contributed by atoms with van der Waals surface area (Å²) in [5.74, 6) is -0.620. The van der Waals surface area contributed by atoms with Crippen molar-refractivity contribution < 1.29 is 23.5 Å². The van der Waals surface area contributed by atoms with E-state index in [1.807, 2.05) is 0 Å². The number of rotatable bonds is 3. The van der Waals surface area contributed by atoms with Gasteiger partial charge in [-0.15, -0.1) is 11.3 Å². The van der Waals surface area contributed by atoms with Crippen LogP contribution in [0.3, 0.4) is 0 Å². The van der Waals surface area contributed by atoms with Gasteiger partial charge in [-0.1, -0.05) is 0 Å². The van der Waals surface area contributed by atoms with Crippen LogP contribution in [0.15, 0.2) is 34.9 Å². The highest BCUT2D eigenvalue weighted by Crippen LogP contribution is 2.32. The Morgan fingerprint density at radius 1 is 1.12 bits per heavy atom. The highest BCUT2D eigenvalue weighted by Gasteiger charge is 2.41. The molecule has 0 unspecified atom stereocenters. The molecule has 4 rings (SSSR count). The molecule has 8 heteroatoms. The summed E-state index contributed by atoms with van der Waals surface area (Å²) in [6.45, 7) is 2.45. The maximum Gasteiger partial charge on any atom is 0.291 e. The van der Waals surface area contributed by atoms with Crippen molar-refractivity contribution in [1.82, 2.24) is 4.90 Å². The number of thiophene rings is 1. The highest BCUT2D eigenvalue weighted by atomic mass is 32.1. The van der Waals surface area contributed by atoms with Gasteiger partial charge in [-0.25, -0.2) is 0 Å². The minimum Gasteiger partial charge on any atom is -0.459 e. The summed E-state index contributed by atoms with van der Waals surface area (Å²) < 4.78 is 16.4. The fourth-order valence-corrected chi connectivity index (χ4v) is 3.96. The lowest BCUT2D eigenvalue weighted by Crippen LogP contribution is -2.47. The average Bonchev–Trinajstić information content (AvgIpc) is 3.37. The number of hydrogen-bond acceptors (Lipinski definition) is 6. The van der Waals surface area contributed by atoms with Gasteiger partial charge in [-0.05, 0) is 24.3 Å². The molecule has 2 aromatic heterocycles. The van der Waals surface area contributed by atoms with E-state index < -0.39 is 5.79 Å². The molecule has 2 aliphatic rings. The molecule has 0 saturated carbocycles. The van der Waals surface area contributed by atoms with E-state index in [9.17, 15) is 9.59 Å². The van der Waals surface area contributed by atoms with Gasteiger partial charge in [-0.3, -0.25) is 9.59 Å². The molecule has 7 nitrogen and oxygen atoms in total. The maximum atomic E-state index is 12.7. The molecule has 0 aliphatic carbocycles. The minimum absolute atomic E-state index is 0.0312. The Balaban J connectivity index is 1.37. The van der Waals surface area contributed by atoms with E-state index in [0.29, 0.717) is 49.0 Å². The third-order valence-electron chi connectivity index (χ3n) is 4.42. The topological polar surface area (TPSA) is 81.0 Å². The van der Waals surface area contributed by atoms with Gasteiger partial charge < -0.3 is 24.1 Å². The summed E-state index contributed by atoms with van der Waals surface area (Å²) in [5.41, 5.74) is 0. The summed E-state index contributed by atoms with van der Waals surface area (Å²) in [5, 5.41) is 3.35. The van der Waals surface area contributed by atoms with Crippen molar-refractivity contribution in [2.24, 2.45) is 0 Å². The normalized spacial score (nSPS) is 19.3. The number of carbonyl (C=O) groups excluding carboxylic acids is 2. The zero-order chi connectivity index (χ0) is 17.3. The lowest BCUT2D eigenvalue weighted by atomic mass is 10.0. The Labute approximate surface area is 148 Å². The lowest BCUT2D eigenvalue weighted by molar-refractivity contribution is -0.181. The second kappa shape index (κ2) is 6.62. The van der Waals surface area contributed by atoms with E-state index in [4.69, 9.17) is 13.9 Å². The molecule has 2 aromatic rings. The largest absolute Gasteiger partial charge is 0.459 e. The zero-order valence-corrected chi connectivity index (χ0v) is 14.3. The summed E-state index contributed by atoms with van der Waals surface area (Å²) in [7, 11) is 0. The Bertz CT molecular complexity index is 754. The van der Waals surface area contributed by atoms with E-state index in [-0.39, 0.29) is 17.6 Å². The van der Waals surface area contributed by atoms with Crippen LogP contribution in [0.5, 0.6) is 0 Å². The molecule has 4 heterocycles. The number of likely N-dealkylation sites (tertiary alicyclic amines) is 1. The first-order chi connectivity index (χ1) is 12.2. The maximum absolute atomic E-state index is 12.7. The van der Waals surface area contributed by atoms with Crippen LogP contribution in [0, 0.1) is 0 Å². The Hall–Kier alpha value is -2.16. The summed E-state index contributed by atoms with van der Waals surface area (Å²) >= 11 is 1.26. The van der Waals surface area contributed by atoms with E-state index in [0.717, 1.165) is 0 Å². The third kappa shape index (κ3) is 3.33. The number of ether oxygens (including phenoxy) is 2.